The molecule has 1 fully saturated rings. The first-order chi connectivity index (χ1) is 12.2. The third-order valence-electron chi connectivity index (χ3n) is 4.58. The summed E-state index contributed by atoms with van der Waals surface area (Å²) in [6.07, 6.45) is 0.558. The fraction of sp³-hybridized carbons (Fsp3) is 0.190. The van der Waals surface area contributed by atoms with Crippen molar-refractivity contribution in [3.05, 3.63) is 66.2 Å². The molecule has 1 aliphatic heterocycles. The van der Waals surface area contributed by atoms with E-state index in [1.807, 2.05) is 60.7 Å². The predicted molar refractivity (Wildman–Crippen MR) is 97.4 cm³/mol. The van der Waals surface area contributed by atoms with Crippen LogP contribution in [0.2, 0.25) is 0 Å². The van der Waals surface area contributed by atoms with Crippen molar-refractivity contribution in [1.29, 1.82) is 0 Å². The molecule has 1 atom stereocenters. The Morgan fingerprint density at radius 1 is 1.00 bits per heavy atom. The molecule has 1 unspecified atom stereocenters. The molecule has 3 aromatic carbocycles. The summed E-state index contributed by atoms with van der Waals surface area (Å²) in [6.45, 7) is 0.709. The second kappa shape index (κ2) is 6.48. The SMILES string of the molecule is COc1cc(Oc2ccc(C3CNC(=O)C3)cc2)cc2ccccc12. The fourth-order valence-corrected chi connectivity index (χ4v) is 3.26. The van der Waals surface area contributed by atoms with Crippen molar-refractivity contribution in [2.24, 2.45) is 0 Å². The van der Waals surface area contributed by atoms with Gasteiger partial charge in [-0.15, -0.1) is 0 Å². The molecule has 1 heterocycles. The molecule has 1 N–H and O–H groups in total. The maximum Gasteiger partial charge on any atom is 0.220 e. The highest BCUT2D eigenvalue weighted by atomic mass is 16.5. The Bertz CT molecular complexity index is 918. The Balaban J connectivity index is 1.57. The van der Waals surface area contributed by atoms with Gasteiger partial charge in [-0.1, -0.05) is 36.4 Å². The highest BCUT2D eigenvalue weighted by Gasteiger charge is 2.22. The maximum absolute atomic E-state index is 11.4. The summed E-state index contributed by atoms with van der Waals surface area (Å²) in [5.41, 5.74) is 1.15. The van der Waals surface area contributed by atoms with Crippen molar-refractivity contribution < 1.29 is 14.3 Å². The number of fused-ring (bicyclic) bond motifs is 1. The van der Waals surface area contributed by atoms with E-state index in [-0.39, 0.29) is 11.8 Å². The van der Waals surface area contributed by atoms with E-state index in [1.54, 1.807) is 7.11 Å². The summed E-state index contributed by atoms with van der Waals surface area (Å²) < 4.78 is 11.5. The van der Waals surface area contributed by atoms with Crippen LogP contribution in [0.15, 0.2) is 60.7 Å². The molecule has 4 heteroatoms. The number of carbonyl (C=O) groups excluding carboxylic acids is 1. The molecule has 0 radical (unpaired) electrons. The molecule has 1 aliphatic rings. The van der Waals surface area contributed by atoms with Crippen LogP contribution < -0.4 is 14.8 Å². The Morgan fingerprint density at radius 2 is 1.80 bits per heavy atom. The van der Waals surface area contributed by atoms with Crippen molar-refractivity contribution in [3.8, 4) is 17.2 Å². The van der Waals surface area contributed by atoms with Gasteiger partial charge in [0.05, 0.1) is 7.11 Å². The predicted octanol–water partition coefficient (Wildman–Crippen LogP) is 4.24. The molecule has 0 bridgehead atoms. The molecule has 4 nitrogen and oxygen atoms in total. The van der Waals surface area contributed by atoms with E-state index in [4.69, 9.17) is 9.47 Å². The molecule has 4 rings (SSSR count). The standard InChI is InChI=1S/C21H19NO3/c1-24-20-12-18(10-15-4-2-3-5-19(15)20)25-17-8-6-14(7-9-17)16-11-21(23)22-13-16/h2-10,12,16H,11,13H2,1H3,(H,22,23). The zero-order valence-electron chi connectivity index (χ0n) is 14.0. The van der Waals surface area contributed by atoms with Gasteiger partial charge in [0.2, 0.25) is 5.91 Å². The van der Waals surface area contributed by atoms with Gasteiger partial charge in [-0.2, -0.15) is 0 Å². The van der Waals surface area contributed by atoms with Crippen LogP contribution in [0.5, 0.6) is 17.2 Å². The number of hydrogen-bond donors (Lipinski definition) is 1. The largest absolute Gasteiger partial charge is 0.496 e. The van der Waals surface area contributed by atoms with E-state index in [9.17, 15) is 4.79 Å². The smallest absolute Gasteiger partial charge is 0.220 e. The third-order valence-corrected chi connectivity index (χ3v) is 4.58. The van der Waals surface area contributed by atoms with E-state index < -0.39 is 0 Å². The zero-order chi connectivity index (χ0) is 17.2. The first-order valence-electron chi connectivity index (χ1n) is 8.34. The second-order valence-corrected chi connectivity index (χ2v) is 6.22. The van der Waals surface area contributed by atoms with Gasteiger partial charge in [-0.05, 0) is 29.1 Å². The van der Waals surface area contributed by atoms with E-state index in [0.29, 0.717) is 13.0 Å². The summed E-state index contributed by atoms with van der Waals surface area (Å²) in [6, 6.07) is 19.9. The number of nitrogens with one attached hydrogen (secondary N) is 1. The van der Waals surface area contributed by atoms with Crippen LogP contribution in [0.25, 0.3) is 10.8 Å². The Kier molecular flexibility index (Phi) is 4.02. The minimum atomic E-state index is 0.119. The number of hydrogen-bond acceptors (Lipinski definition) is 3. The molecule has 0 aromatic heterocycles. The van der Waals surface area contributed by atoms with Crippen molar-refractivity contribution in [2.75, 3.05) is 13.7 Å². The first kappa shape index (κ1) is 15.5. The van der Waals surface area contributed by atoms with E-state index in [2.05, 4.69) is 5.32 Å². The molecular weight excluding hydrogens is 314 g/mol. The van der Waals surface area contributed by atoms with Crippen molar-refractivity contribution in [3.63, 3.8) is 0 Å². The highest BCUT2D eigenvalue weighted by Crippen LogP contribution is 2.34. The van der Waals surface area contributed by atoms with Crippen LogP contribution in [0.1, 0.15) is 17.9 Å². The lowest BCUT2D eigenvalue weighted by Gasteiger charge is -2.12. The average molecular weight is 333 g/mol. The lowest BCUT2D eigenvalue weighted by atomic mass is 9.98. The van der Waals surface area contributed by atoms with Gasteiger partial charge in [0.25, 0.3) is 0 Å². The molecule has 25 heavy (non-hydrogen) atoms. The van der Waals surface area contributed by atoms with E-state index in [0.717, 1.165) is 33.6 Å². The van der Waals surface area contributed by atoms with Gasteiger partial charge >= 0.3 is 0 Å². The summed E-state index contributed by atoms with van der Waals surface area (Å²) in [5.74, 6) is 2.66. The van der Waals surface area contributed by atoms with Gasteiger partial charge < -0.3 is 14.8 Å². The van der Waals surface area contributed by atoms with Crippen LogP contribution in [-0.2, 0) is 4.79 Å². The van der Waals surface area contributed by atoms with Gasteiger partial charge in [0.15, 0.2) is 0 Å². The van der Waals surface area contributed by atoms with Crippen LogP contribution in [0.4, 0.5) is 0 Å². The summed E-state index contributed by atoms with van der Waals surface area (Å²) in [5, 5.41) is 5.00. The van der Waals surface area contributed by atoms with E-state index in [1.165, 1.54) is 0 Å². The molecular formula is C21H19NO3. The summed E-state index contributed by atoms with van der Waals surface area (Å²) in [4.78, 5) is 11.4. The molecule has 1 amide bonds. The number of methoxy groups -OCH3 is 1. The van der Waals surface area contributed by atoms with Crippen molar-refractivity contribution in [1.82, 2.24) is 5.32 Å². The quantitative estimate of drug-likeness (QED) is 0.777. The minimum Gasteiger partial charge on any atom is -0.496 e. The molecule has 0 aliphatic carbocycles. The van der Waals surface area contributed by atoms with Gasteiger partial charge in [0.1, 0.15) is 17.2 Å². The van der Waals surface area contributed by atoms with Crippen molar-refractivity contribution >= 4 is 16.7 Å². The second-order valence-electron chi connectivity index (χ2n) is 6.22. The molecule has 0 spiro atoms. The Morgan fingerprint density at radius 3 is 2.52 bits per heavy atom. The molecule has 126 valence electrons. The first-order valence-corrected chi connectivity index (χ1v) is 8.34. The van der Waals surface area contributed by atoms with Crippen LogP contribution in [0.3, 0.4) is 0 Å². The number of benzene rings is 3. The number of carbonyl (C=O) groups is 1. The third kappa shape index (κ3) is 3.15. The van der Waals surface area contributed by atoms with Crippen LogP contribution in [-0.4, -0.2) is 19.6 Å². The van der Waals surface area contributed by atoms with Gasteiger partial charge in [0, 0.05) is 30.3 Å². The normalized spacial score (nSPS) is 16.7. The van der Waals surface area contributed by atoms with Gasteiger partial charge in [-0.25, -0.2) is 0 Å². The topological polar surface area (TPSA) is 47.6 Å². The lowest BCUT2D eigenvalue weighted by Crippen LogP contribution is -2.13. The summed E-state index contributed by atoms with van der Waals surface area (Å²) in [7, 11) is 1.66. The number of ether oxygens (including phenoxy) is 2. The average Bonchev–Trinajstić information content (AvgIpc) is 3.08. The van der Waals surface area contributed by atoms with Gasteiger partial charge in [-0.3, -0.25) is 4.79 Å². The maximum atomic E-state index is 11.4. The monoisotopic (exact) mass is 333 g/mol. The number of rotatable bonds is 4. The fourth-order valence-electron chi connectivity index (χ4n) is 3.26. The molecule has 0 saturated carbocycles. The molecule has 1 saturated heterocycles. The summed E-state index contributed by atoms with van der Waals surface area (Å²) >= 11 is 0. The number of amides is 1. The van der Waals surface area contributed by atoms with Crippen LogP contribution >= 0.6 is 0 Å². The van der Waals surface area contributed by atoms with Crippen molar-refractivity contribution in [2.45, 2.75) is 12.3 Å². The Hall–Kier alpha value is -3.01. The van der Waals surface area contributed by atoms with E-state index >= 15 is 0 Å². The molecule has 3 aromatic rings. The lowest BCUT2D eigenvalue weighted by molar-refractivity contribution is -0.119. The van der Waals surface area contributed by atoms with Crippen LogP contribution in [0, 0.1) is 0 Å². The highest BCUT2D eigenvalue weighted by molar-refractivity contribution is 5.89. The Labute approximate surface area is 146 Å². The zero-order valence-corrected chi connectivity index (χ0v) is 14.0. The minimum absolute atomic E-state index is 0.119.